The van der Waals surface area contributed by atoms with Gasteiger partial charge in [-0.05, 0) is 37.3 Å². The summed E-state index contributed by atoms with van der Waals surface area (Å²) in [5.41, 5.74) is 2.60. The smallest absolute Gasteiger partial charge is 0.273 e. The molecule has 10 heteroatoms. The number of rotatable bonds is 5. The number of para-hydroxylation sites is 1. The molecule has 1 fully saturated rings. The lowest BCUT2D eigenvalue weighted by Gasteiger charge is -2.27. The Kier molecular flexibility index (Phi) is 6.89. The topological polar surface area (TPSA) is 96.0 Å². The van der Waals surface area contributed by atoms with E-state index < -0.39 is 35.5 Å². The number of halogens is 2. The van der Waals surface area contributed by atoms with Crippen LogP contribution < -0.4 is 15.1 Å². The summed E-state index contributed by atoms with van der Waals surface area (Å²) in [6.45, 7) is 1.59. The van der Waals surface area contributed by atoms with Crippen molar-refractivity contribution in [3.05, 3.63) is 71.0 Å². The van der Waals surface area contributed by atoms with Crippen LogP contribution in [0.2, 0.25) is 5.02 Å². The molecule has 8 nitrogen and oxygen atoms in total. The van der Waals surface area contributed by atoms with Gasteiger partial charge in [-0.15, -0.1) is 0 Å². The van der Waals surface area contributed by atoms with E-state index in [0.717, 1.165) is 28.1 Å². The van der Waals surface area contributed by atoms with Gasteiger partial charge in [-0.2, -0.15) is 0 Å². The van der Waals surface area contributed by atoms with Crippen molar-refractivity contribution < 1.29 is 28.3 Å². The van der Waals surface area contributed by atoms with Crippen LogP contribution in [0.4, 0.5) is 10.1 Å². The van der Waals surface area contributed by atoms with Gasteiger partial charge in [0.15, 0.2) is 0 Å². The molecule has 0 spiro atoms. The Balaban J connectivity index is 1.93. The first kappa shape index (κ1) is 23.0. The van der Waals surface area contributed by atoms with Crippen molar-refractivity contribution in [1.82, 2.24) is 10.4 Å². The van der Waals surface area contributed by atoms with Crippen molar-refractivity contribution in [3.8, 4) is 5.75 Å². The lowest BCUT2D eigenvalue weighted by Crippen LogP contribution is -2.54. The lowest BCUT2D eigenvalue weighted by atomic mass is 10.2. The predicted molar refractivity (Wildman–Crippen MR) is 114 cm³/mol. The molecule has 32 heavy (non-hydrogen) atoms. The molecule has 166 valence electrons. The van der Waals surface area contributed by atoms with Gasteiger partial charge >= 0.3 is 0 Å². The quantitative estimate of drug-likeness (QED) is 0.421. The fourth-order valence-corrected chi connectivity index (χ4v) is 3.40. The van der Waals surface area contributed by atoms with Gasteiger partial charge in [0.1, 0.15) is 17.6 Å². The van der Waals surface area contributed by atoms with E-state index in [1.165, 1.54) is 25.3 Å². The number of carbonyl (C=O) groups excluding carboxylic acids is 4. The molecule has 1 atom stereocenters. The Morgan fingerprint density at radius 1 is 1.25 bits per heavy atom. The number of imide groups is 1. The summed E-state index contributed by atoms with van der Waals surface area (Å²) in [5.74, 6) is -3.26. The average Bonchev–Trinajstić information content (AvgIpc) is 3.07. The van der Waals surface area contributed by atoms with Crippen LogP contribution in [0.25, 0.3) is 0 Å². The molecule has 2 aromatic carbocycles. The summed E-state index contributed by atoms with van der Waals surface area (Å²) in [5, 5.41) is 0.540. The summed E-state index contributed by atoms with van der Waals surface area (Å²) in [4.78, 5) is 52.0. The van der Waals surface area contributed by atoms with Crippen molar-refractivity contribution >= 4 is 40.9 Å². The van der Waals surface area contributed by atoms with E-state index in [2.05, 4.69) is 5.43 Å². The minimum atomic E-state index is -1.31. The third-order valence-electron chi connectivity index (χ3n) is 4.72. The van der Waals surface area contributed by atoms with Gasteiger partial charge in [0.05, 0.1) is 29.8 Å². The molecule has 1 saturated heterocycles. The van der Waals surface area contributed by atoms with Gasteiger partial charge in [-0.25, -0.2) is 14.3 Å². The molecule has 1 unspecified atom stereocenters. The van der Waals surface area contributed by atoms with Gasteiger partial charge in [0.2, 0.25) is 5.91 Å². The Morgan fingerprint density at radius 2 is 1.97 bits per heavy atom. The maximum absolute atomic E-state index is 13.5. The van der Waals surface area contributed by atoms with E-state index >= 15 is 0 Å². The molecule has 0 aromatic heterocycles. The Morgan fingerprint density at radius 3 is 2.62 bits per heavy atom. The third-order valence-corrected chi connectivity index (χ3v) is 5.01. The first-order valence-corrected chi connectivity index (χ1v) is 9.88. The molecule has 1 N–H and O–H groups in total. The normalized spacial score (nSPS) is 15.9. The summed E-state index contributed by atoms with van der Waals surface area (Å²) in [6, 6.07) is 8.42. The van der Waals surface area contributed by atoms with Crippen LogP contribution in [-0.4, -0.2) is 41.8 Å². The Bertz CT molecular complexity index is 1120. The van der Waals surface area contributed by atoms with Crippen molar-refractivity contribution in [2.24, 2.45) is 0 Å². The number of anilines is 1. The minimum Gasteiger partial charge on any atom is -0.496 e. The van der Waals surface area contributed by atoms with Crippen molar-refractivity contribution in [2.75, 3.05) is 12.0 Å². The fraction of sp³-hybridized carbons (Fsp3) is 0.182. The van der Waals surface area contributed by atoms with Crippen LogP contribution in [0.5, 0.6) is 5.75 Å². The highest BCUT2D eigenvalue weighted by Gasteiger charge is 2.45. The van der Waals surface area contributed by atoms with E-state index in [1.807, 2.05) is 0 Å². The van der Waals surface area contributed by atoms with Crippen LogP contribution in [0.1, 0.15) is 23.7 Å². The fourth-order valence-electron chi connectivity index (χ4n) is 3.22. The highest BCUT2D eigenvalue weighted by atomic mass is 35.5. The van der Waals surface area contributed by atoms with Crippen molar-refractivity contribution in [2.45, 2.75) is 19.4 Å². The number of allylic oxidation sites excluding steroid dienone is 1. The number of ether oxygens (including phenoxy) is 1. The summed E-state index contributed by atoms with van der Waals surface area (Å²) in [7, 11) is 1.39. The standard InChI is InChI=1S/C22H19ClFN3O5/c1-3-6-19(28)27(25-21(30)14-7-4-5-8-18(14)32-2)17-12-20(29)26(22(17)31)13-9-10-16(24)15(23)11-13/h3-11,17H,12H2,1-2H3,(H,25,30). The molecule has 0 saturated carbocycles. The van der Waals surface area contributed by atoms with E-state index in [4.69, 9.17) is 16.3 Å². The molecular weight excluding hydrogens is 441 g/mol. The van der Waals surface area contributed by atoms with Gasteiger partial charge in [-0.1, -0.05) is 29.8 Å². The Labute approximate surface area is 188 Å². The van der Waals surface area contributed by atoms with Gasteiger partial charge < -0.3 is 4.74 Å². The minimum absolute atomic E-state index is 0.0587. The summed E-state index contributed by atoms with van der Waals surface area (Å²) in [6.07, 6.45) is 2.20. The van der Waals surface area contributed by atoms with Crippen LogP contribution >= 0.6 is 11.6 Å². The number of carbonyl (C=O) groups is 4. The second-order valence-corrected chi connectivity index (χ2v) is 7.14. The molecule has 0 radical (unpaired) electrons. The molecule has 4 amide bonds. The van der Waals surface area contributed by atoms with Crippen LogP contribution in [0.15, 0.2) is 54.6 Å². The SMILES string of the molecule is CC=CC(=O)N(NC(=O)c1ccccc1OC)C1CC(=O)N(c2ccc(F)c(Cl)c2)C1=O. The molecule has 1 aliphatic heterocycles. The van der Waals surface area contributed by atoms with Crippen LogP contribution in [0, 0.1) is 5.82 Å². The van der Waals surface area contributed by atoms with Crippen LogP contribution in [0.3, 0.4) is 0 Å². The largest absolute Gasteiger partial charge is 0.496 e. The van der Waals surface area contributed by atoms with Gasteiger partial charge in [-0.3, -0.25) is 24.6 Å². The second-order valence-electron chi connectivity index (χ2n) is 6.74. The van der Waals surface area contributed by atoms with E-state index in [-0.39, 0.29) is 28.4 Å². The number of nitrogens with zero attached hydrogens (tertiary/aromatic N) is 2. The number of hydrazine groups is 1. The highest BCUT2D eigenvalue weighted by Crippen LogP contribution is 2.29. The maximum Gasteiger partial charge on any atom is 0.273 e. The Hall–Kier alpha value is -3.72. The molecule has 1 heterocycles. The maximum atomic E-state index is 13.5. The van der Waals surface area contributed by atoms with Crippen LogP contribution in [-0.2, 0) is 14.4 Å². The molecule has 0 bridgehead atoms. The number of methoxy groups -OCH3 is 1. The highest BCUT2D eigenvalue weighted by molar-refractivity contribution is 6.31. The van der Waals surface area contributed by atoms with E-state index in [1.54, 1.807) is 25.1 Å². The molecular formula is C22H19ClFN3O5. The van der Waals surface area contributed by atoms with E-state index in [9.17, 15) is 23.6 Å². The zero-order chi connectivity index (χ0) is 23.4. The number of hydrogen-bond acceptors (Lipinski definition) is 5. The van der Waals surface area contributed by atoms with Gasteiger partial charge in [0, 0.05) is 6.08 Å². The van der Waals surface area contributed by atoms with E-state index in [0.29, 0.717) is 0 Å². The number of nitrogens with one attached hydrogen (secondary N) is 1. The monoisotopic (exact) mass is 459 g/mol. The summed E-state index contributed by atoms with van der Waals surface area (Å²) >= 11 is 5.78. The number of hydrogen-bond donors (Lipinski definition) is 1. The number of amides is 4. The average molecular weight is 460 g/mol. The van der Waals surface area contributed by atoms with Crippen molar-refractivity contribution in [1.29, 1.82) is 0 Å². The summed E-state index contributed by atoms with van der Waals surface area (Å²) < 4.78 is 18.7. The third kappa shape index (κ3) is 4.47. The number of benzene rings is 2. The molecule has 1 aliphatic rings. The first-order chi connectivity index (χ1) is 15.3. The van der Waals surface area contributed by atoms with Crippen molar-refractivity contribution in [3.63, 3.8) is 0 Å². The molecule has 2 aromatic rings. The second kappa shape index (κ2) is 9.61. The zero-order valence-electron chi connectivity index (χ0n) is 17.2. The predicted octanol–water partition coefficient (Wildman–Crippen LogP) is 2.87. The molecule has 0 aliphatic carbocycles. The zero-order valence-corrected chi connectivity index (χ0v) is 17.9. The lowest BCUT2D eigenvalue weighted by molar-refractivity contribution is -0.137. The molecule has 3 rings (SSSR count). The van der Waals surface area contributed by atoms with Gasteiger partial charge in [0.25, 0.3) is 17.7 Å². The first-order valence-electron chi connectivity index (χ1n) is 9.50.